The molecule has 0 aromatic heterocycles. The number of nitrogens with zero attached hydrogens (tertiary/aromatic N) is 3. The molecular formula is C15H19N5O2S. The smallest absolute Gasteiger partial charge is 0.223 e. The molecule has 1 aliphatic heterocycles. The second kappa shape index (κ2) is 7.28. The molecule has 3 N–H and O–H groups in total. The zero-order valence-corrected chi connectivity index (χ0v) is 13.9. The molecule has 0 aliphatic carbocycles. The minimum absolute atomic E-state index is 0.0151. The van der Waals surface area contributed by atoms with Crippen LogP contribution in [0.2, 0.25) is 0 Å². The highest BCUT2D eigenvalue weighted by molar-refractivity contribution is 7.80. The van der Waals surface area contributed by atoms with Gasteiger partial charge in [-0.15, -0.1) is 0 Å². The Labute approximate surface area is 139 Å². The summed E-state index contributed by atoms with van der Waals surface area (Å²) < 4.78 is 0. The number of thiocarbonyl (C=S) groups is 1. The highest BCUT2D eigenvalue weighted by Gasteiger charge is 2.22. The number of carbonyl (C=O) groups excluding carboxylic acids is 1. The maximum absolute atomic E-state index is 11.7. The summed E-state index contributed by atoms with van der Waals surface area (Å²) in [6, 6.07) is 4.98. The van der Waals surface area contributed by atoms with Crippen LogP contribution in [0.15, 0.2) is 28.5 Å². The molecule has 7 nitrogen and oxygen atoms in total. The third-order valence-electron chi connectivity index (χ3n) is 3.71. The maximum Gasteiger partial charge on any atom is 0.223 e. The number of fused-ring (bicyclic) bond motifs is 1. The molecule has 0 saturated carbocycles. The Hall–Kier alpha value is -2.35. The van der Waals surface area contributed by atoms with E-state index >= 15 is 0 Å². The number of hydrazone groups is 1. The molecule has 0 radical (unpaired) electrons. The Bertz CT molecular complexity index is 674. The van der Waals surface area contributed by atoms with Gasteiger partial charge in [-0.2, -0.15) is 10.0 Å². The van der Waals surface area contributed by atoms with Crippen LogP contribution in [0.4, 0.5) is 5.69 Å². The number of rotatable bonds is 4. The lowest BCUT2D eigenvalue weighted by atomic mass is 9.96. The van der Waals surface area contributed by atoms with Crippen LogP contribution in [0.25, 0.3) is 0 Å². The fourth-order valence-corrected chi connectivity index (χ4v) is 2.69. The monoisotopic (exact) mass is 333 g/mol. The topological polar surface area (TPSA) is 100 Å². The third-order valence-corrected chi connectivity index (χ3v) is 3.81. The minimum Gasteiger partial charge on any atom is -0.375 e. The normalized spacial score (nSPS) is 15.6. The van der Waals surface area contributed by atoms with E-state index in [9.17, 15) is 9.70 Å². The fraction of sp³-hybridized carbons (Fsp3) is 0.400. The Morgan fingerprint density at radius 1 is 1.48 bits per heavy atom. The van der Waals surface area contributed by atoms with Crippen molar-refractivity contribution >= 4 is 34.6 Å². The van der Waals surface area contributed by atoms with Crippen molar-refractivity contribution in [1.82, 2.24) is 5.43 Å². The number of carbonyl (C=O) groups is 1. The van der Waals surface area contributed by atoms with Crippen LogP contribution in [0, 0.1) is 4.91 Å². The van der Waals surface area contributed by atoms with Crippen molar-refractivity contribution in [2.75, 3.05) is 11.4 Å². The molecule has 1 aromatic rings. The predicted octanol–water partition coefficient (Wildman–Crippen LogP) is 1.68. The molecule has 2 rings (SSSR count). The largest absolute Gasteiger partial charge is 0.375 e. The summed E-state index contributed by atoms with van der Waals surface area (Å²) in [4.78, 5) is 24.4. The first-order chi connectivity index (χ1) is 10.9. The summed E-state index contributed by atoms with van der Waals surface area (Å²) in [6.07, 6.45) is 1.76. The summed E-state index contributed by atoms with van der Waals surface area (Å²) in [5.74, 6) is 0.0191. The van der Waals surface area contributed by atoms with Gasteiger partial charge in [0.05, 0.1) is 5.71 Å². The molecule has 0 saturated heterocycles. The van der Waals surface area contributed by atoms with E-state index in [2.05, 4.69) is 15.7 Å². The highest BCUT2D eigenvalue weighted by atomic mass is 32.1. The third kappa shape index (κ3) is 3.89. The Balaban J connectivity index is 2.42. The van der Waals surface area contributed by atoms with Gasteiger partial charge in [-0.25, -0.2) is 0 Å². The van der Waals surface area contributed by atoms with E-state index in [1.807, 2.05) is 18.2 Å². The van der Waals surface area contributed by atoms with Crippen LogP contribution in [-0.4, -0.2) is 29.3 Å². The number of hydrogen-bond donors (Lipinski definition) is 2. The predicted molar refractivity (Wildman–Crippen MR) is 94.5 cm³/mol. The summed E-state index contributed by atoms with van der Waals surface area (Å²) in [5, 5.41) is 7.14. The second-order valence-electron chi connectivity index (χ2n) is 5.37. The van der Waals surface area contributed by atoms with Crippen molar-refractivity contribution in [2.45, 2.75) is 32.7 Å². The molecule has 1 atom stereocenters. The van der Waals surface area contributed by atoms with Gasteiger partial charge in [0.25, 0.3) is 0 Å². The van der Waals surface area contributed by atoms with Gasteiger partial charge in [0.2, 0.25) is 5.91 Å². The zero-order chi connectivity index (χ0) is 17.0. The van der Waals surface area contributed by atoms with Crippen LogP contribution in [0.1, 0.15) is 31.4 Å². The summed E-state index contributed by atoms with van der Waals surface area (Å²) in [5.41, 5.74) is 11.0. The molecule has 1 heterocycles. The molecule has 1 aliphatic rings. The van der Waals surface area contributed by atoms with Crippen molar-refractivity contribution in [3.8, 4) is 0 Å². The fourth-order valence-electron chi connectivity index (χ4n) is 2.65. The summed E-state index contributed by atoms with van der Waals surface area (Å²) >= 11 is 4.73. The Kier molecular flexibility index (Phi) is 5.38. The average Bonchev–Trinajstić information content (AvgIpc) is 2.53. The molecule has 23 heavy (non-hydrogen) atoms. The molecular weight excluding hydrogens is 314 g/mol. The van der Waals surface area contributed by atoms with Crippen molar-refractivity contribution < 1.29 is 4.79 Å². The SMILES string of the molecule is CC(=O)N1CCCc2cc(C(=NNC(N)=S)C(C)N=O)ccc21. The van der Waals surface area contributed by atoms with Crippen molar-refractivity contribution in [2.24, 2.45) is 16.0 Å². The number of benzene rings is 1. The van der Waals surface area contributed by atoms with E-state index < -0.39 is 6.04 Å². The van der Waals surface area contributed by atoms with Crippen molar-refractivity contribution in [3.63, 3.8) is 0 Å². The van der Waals surface area contributed by atoms with Crippen LogP contribution in [-0.2, 0) is 11.2 Å². The van der Waals surface area contributed by atoms with E-state index in [1.165, 1.54) is 0 Å². The maximum atomic E-state index is 11.7. The van der Waals surface area contributed by atoms with E-state index in [1.54, 1.807) is 18.7 Å². The van der Waals surface area contributed by atoms with Gasteiger partial charge in [0.15, 0.2) is 5.11 Å². The molecule has 1 unspecified atom stereocenters. The molecule has 0 fully saturated rings. The lowest BCUT2D eigenvalue weighted by molar-refractivity contribution is -0.116. The van der Waals surface area contributed by atoms with Gasteiger partial charge in [-0.3, -0.25) is 10.2 Å². The van der Waals surface area contributed by atoms with E-state index in [0.29, 0.717) is 5.71 Å². The van der Waals surface area contributed by atoms with Gasteiger partial charge >= 0.3 is 0 Å². The number of nitrogens with two attached hydrogens (primary N) is 1. The number of hydrogen-bond acceptors (Lipinski definition) is 5. The summed E-state index contributed by atoms with van der Waals surface area (Å²) in [7, 11) is 0. The van der Waals surface area contributed by atoms with Gasteiger partial charge in [-0.05, 0) is 49.7 Å². The Morgan fingerprint density at radius 3 is 2.83 bits per heavy atom. The highest BCUT2D eigenvalue weighted by Crippen LogP contribution is 2.28. The Morgan fingerprint density at radius 2 is 2.22 bits per heavy atom. The molecule has 8 heteroatoms. The van der Waals surface area contributed by atoms with Gasteiger partial charge in [-0.1, -0.05) is 11.2 Å². The number of nitrogens with one attached hydrogen (secondary N) is 1. The van der Waals surface area contributed by atoms with Crippen molar-refractivity contribution in [3.05, 3.63) is 34.2 Å². The standard InChI is InChI=1S/C15H19N5O2S/c1-9(19-22)14(17-18-15(16)23)12-5-6-13-11(8-12)4-3-7-20(13)10(2)21/h5-6,8-9H,3-4,7H2,1-2H3,(H3,16,18,23). The van der Waals surface area contributed by atoms with Gasteiger partial charge in [0.1, 0.15) is 6.04 Å². The quantitative estimate of drug-likeness (QED) is 0.378. The second-order valence-corrected chi connectivity index (χ2v) is 5.81. The number of nitroso groups, excluding NO2 is 1. The zero-order valence-electron chi connectivity index (χ0n) is 13.1. The van der Waals surface area contributed by atoms with Crippen molar-refractivity contribution in [1.29, 1.82) is 0 Å². The number of amides is 1. The first kappa shape index (κ1) is 17.0. The van der Waals surface area contributed by atoms with Crippen LogP contribution in [0.5, 0.6) is 0 Å². The number of aryl methyl sites for hydroxylation is 1. The van der Waals surface area contributed by atoms with Crippen LogP contribution >= 0.6 is 12.2 Å². The molecule has 0 bridgehead atoms. The average molecular weight is 333 g/mol. The first-order valence-electron chi connectivity index (χ1n) is 7.31. The minimum atomic E-state index is -0.651. The molecule has 0 spiro atoms. The van der Waals surface area contributed by atoms with E-state index in [4.69, 9.17) is 18.0 Å². The number of anilines is 1. The van der Waals surface area contributed by atoms with Crippen LogP contribution in [0.3, 0.4) is 0 Å². The first-order valence-corrected chi connectivity index (χ1v) is 7.71. The van der Waals surface area contributed by atoms with Gasteiger partial charge in [0, 0.05) is 24.7 Å². The van der Waals surface area contributed by atoms with E-state index in [0.717, 1.165) is 36.2 Å². The molecule has 1 amide bonds. The molecule has 1 aromatic carbocycles. The molecule has 122 valence electrons. The lowest BCUT2D eigenvalue weighted by Gasteiger charge is -2.29. The van der Waals surface area contributed by atoms with E-state index in [-0.39, 0.29) is 11.0 Å². The van der Waals surface area contributed by atoms with Gasteiger partial charge < -0.3 is 10.6 Å². The van der Waals surface area contributed by atoms with Crippen LogP contribution < -0.4 is 16.1 Å². The lowest BCUT2D eigenvalue weighted by Crippen LogP contribution is -2.33. The summed E-state index contributed by atoms with van der Waals surface area (Å²) in [6.45, 7) is 3.92.